The summed E-state index contributed by atoms with van der Waals surface area (Å²) in [5, 5.41) is 10.5. The Labute approximate surface area is 198 Å². The van der Waals surface area contributed by atoms with Crippen molar-refractivity contribution in [2.75, 3.05) is 26.7 Å². The number of nitrogens with zero attached hydrogens (tertiary/aromatic N) is 3. The number of rotatable bonds is 4. The summed E-state index contributed by atoms with van der Waals surface area (Å²) < 4.78 is 5.38. The molecule has 0 aliphatic carbocycles. The van der Waals surface area contributed by atoms with E-state index in [0.717, 1.165) is 5.56 Å². The van der Waals surface area contributed by atoms with Crippen molar-refractivity contribution in [3.05, 3.63) is 64.7 Å². The molecule has 1 heterocycles. The first-order chi connectivity index (χ1) is 15.4. The van der Waals surface area contributed by atoms with Gasteiger partial charge in [0, 0.05) is 29.7 Å². The first-order valence-electron chi connectivity index (χ1n) is 10.1. The number of ether oxygens (including phenoxy) is 1. The van der Waals surface area contributed by atoms with E-state index >= 15 is 0 Å². The molecule has 1 fully saturated rings. The first-order valence-corrected chi connectivity index (χ1v) is 10.9. The molecule has 0 bridgehead atoms. The SMILES string of the molecule is C=CC(=O)N1CCN(C(=O)c2cc(-c3ccc(Cl)cc3)c(Cl)cc2OC)CC1C#N.CC. The van der Waals surface area contributed by atoms with E-state index < -0.39 is 6.04 Å². The van der Waals surface area contributed by atoms with E-state index in [-0.39, 0.29) is 24.9 Å². The predicted octanol–water partition coefficient (Wildman–Crippen LogP) is 5.06. The Bertz CT molecular complexity index is 1030. The van der Waals surface area contributed by atoms with E-state index in [2.05, 4.69) is 12.6 Å². The molecule has 32 heavy (non-hydrogen) atoms. The molecule has 1 aliphatic rings. The Kier molecular flexibility index (Phi) is 9.13. The summed E-state index contributed by atoms with van der Waals surface area (Å²) in [6.45, 7) is 8.09. The zero-order chi connectivity index (χ0) is 23.8. The fraction of sp³-hybridized carbons (Fsp3) is 0.292. The monoisotopic (exact) mass is 473 g/mol. The van der Waals surface area contributed by atoms with Gasteiger partial charge in [-0.1, -0.05) is 55.8 Å². The van der Waals surface area contributed by atoms with Gasteiger partial charge in [0.2, 0.25) is 5.91 Å². The van der Waals surface area contributed by atoms with Crippen LogP contribution in [0.2, 0.25) is 10.0 Å². The second kappa shape index (κ2) is 11.6. The normalized spacial score (nSPS) is 15.2. The molecule has 168 valence electrons. The van der Waals surface area contributed by atoms with Gasteiger partial charge in [0.15, 0.2) is 0 Å². The van der Waals surface area contributed by atoms with Gasteiger partial charge in [0.05, 0.1) is 30.3 Å². The van der Waals surface area contributed by atoms with Crippen LogP contribution in [0.25, 0.3) is 11.1 Å². The van der Waals surface area contributed by atoms with Crippen LogP contribution in [0.15, 0.2) is 49.1 Å². The molecule has 0 radical (unpaired) electrons. The van der Waals surface area contributed by atoms with Gasteiger partial charge in [-0.25, -0.2) is 0 Å². The largest absolute Gasteiger partial charge is 0.496 e. The Morgan fingerprint density at radius 2 is 1.84 bits per heavy atom. The van der Waals surface area contributed by atoms with Crippen LogP contribution in [-0.2, 0) is 4.79 Å². The molecule has 6 nitrogen and oxygen atoms in total. The van der Waals surface area contributed by atoms with Crippen LogP contribution in [0.1, 0.15) is 24.2 Å². The quantitative estimate of drug-likeness (QED) is 0.581. The predicted molar refractivity (Wildman–Crippen MR) is 127 cm³/mol. The van der Waals surface area contributed by atoms with Crippen molar-refractivity contribution in [1.82, 2.24) is 9.80 Å². The molecule has 1 atom stereocenters. The minimum absolute atomic E-state index is 0.0942. The zero-order valence-corrected chi connectivity index (χ0v) is 19.8. The highest BCUT2D eigenvalue weighted by atomic mass is 35.5. The molecule has 0 spiro atoms. The third-order valence-electron chi connectivity index (χ3n) is 4.95. The smallest absolute Gasteiger partial charge is 0.257 e. The summed E-state index contributed by atoms with van der Waals surface area (Å²) in [6, 6.07) is 11.7. The number of carbonyl (C=O) groups excluding carboxylic acids is 2. The lowest BCUT2D eigenvalue weighted by atomic mass is 10.0. The van der Waals surface area contributed by atoms with Crippen LogP contribution < -0.4 is 4.74 Å². The second-order valence-electron chi connectivity index (χ2n) is 6.67. The van der Waals surface area contributed by atoms with Crippen molar-refractivity contribution in [3.63, 3.8) is 0 Å². The van der Waals surface area contributed by atoms with Gasteiger partial charge in [0.25, 0.3) is 5.91 Å². The second-order valence-corrected chi connectivity index (χ2v) is 7.51. The van der Waals surface area contributed by atoms with Crippen molar-refractivity contribution in [2.45, 2.75) is 19.9 Å². The molecule has 2 aromatic carbocycles. The Morgan fingerprint density at radius 1 is 1.19 bits per heavy atom. The van der Waals surface area contributed by atoms with Gasteiger partial charge in [-0.3, -0.25) is 9.59 Å². The number of halogens is 2. The van der Waals surface area contributed by atoms with Crippen molar-refractivity contribution >= 4 is 35.0 Å². The van der Waals surface area contributed by atoms with Gasteiger partial charge >= 0.3 is 0 Å². The van der Waals surface area contributed by atoms with Crippen molar-refractivity contribution in [1.29, 1.82) is 5.26 Å². The Balaban J connectivity index is 0.00000176. The summed E-state index contributed by atoms with van der Waals surface area (Å²) in [4.78, 5) is 28.2. The summed E-state index contributed by atoms with van der Waals surface area (Å²) in [5.74, 6) is -0.298. The number of benzene rings is 2. The highest BCUT2D eigenvalue weighted by Gasteiger charge is 2.33. The number of methoxy groups -OCH3 is 1. The molecule has 1 unspecified atom stereocenters. The summed E-state index contributed by atoms with van der Waals surface area (Å²) >= 11 is 12.4. The van der Waals surface area contributed by atoms with Crippen LogP contribution in [0.3, 0.4) is 0 Å². The van der Waals surface area contributed by atoms with Crippen LogP contribution in [0.4, 0.5) is 0 Å². The summed E-state index contributed by atoms with van der Waals surface area (Å²) in [6.07, 6.45) is 1.17. The van der Waals surface area contributed by atoms with E-state index in [1.165, 1.54) is 23.0 Å². The number of amides is 2. The number of nitriles is 1. The molecule has 1 aliphatic heterocycles. The molecule has 0 N–H and O–H groups in total. The maximum absolute atomic E-state index is 13.3. The fourth-order valence-corrected chi connectivity index (χ4v) is 3.76. The van der Waals surface area contributed by atoms with Crippen LogP contribution in [0.5, 0.6) is 5.75 Å². The maximum atomic E-state index is 13.3. The highest BCUT2D eigenvalue weighted by Crippen LogP contribution is 2.35. The fourth-order valence-electron chi connectivity index (χ4n) is 3.37. The van der Waals surface area contributed by atoms with Gasteiger partial charge in [-0.2, -0.15) is 5.26 Å². The van der Waals surface area contributed by atoms with E-state index in [1.54, 1.807) is 24.3 Å². The summed E-state index contributed by atoms with van der Waals surface area (Å²) in [7, 11) is 1.46. The standard InChI is InChI=1S/C22H19Cl2N3O3.C2H6/c1-3-21(28)27-9-8-26(13-16(27)12-25)22(29)18-10-17(19(24)11-20(18)30-2)14-4-6-15(23)7-5-14;1-2/h3-7,10-11,16H,1,8-9,13H2,2H3;1-2H3. The number of hydrogen-bond acceptors (Lipinski definition) is 4. The number of piperazine rings is 1. The van der Waals surface area contributed by atoms with Crippen LogP contribution >= 0.6 is 23.2 Å². The molecule has 1 saturated heterocycles. The molecule has 2 amide bonds. The zero-order valence-electron chi connectivity index (χ0n) is 18.3. The lowest BCUT2D eigenvalue weighted by Crippen LogP contribution is -2.55. The van der Waals surface area contributed by atoms with Crippen molar-refractivity contribution in [3.8, 4) is 22.9 Å². The van der Waals surface area contributed by atoms with Crippen molar-refractivity contribution < 1.29 is 14.3 Å². The van der Waals surface area contributed by atoms with Gasteiger partial charge in [-0.05, 0) is 29.8 Å². The number of carbonyl (C=O) groups is 2. The minimum Gasteiger partial charge on any atom is -0.496 e. The average molecular weight is 474 g/mol. The third kappa shape index (κ3) is 5.42. The van der Waals surface area contributed by atoms with E-state index in [0.29, 0.717) is 33.5 Å². The average Bonchev–Trinajstić information content (AvgIpc) is 2.84. The van der Waals surface area contributed by atoms with Crippen LogP contribution in [-0.4, -0.2) is 54.4 Å². The topological polar surface area (TPSA) is 73.6 Å². The molecule has 0 aromatic heterocycles. The maximum Gasteiger partial charge on any atom is 0.257 e. The number of hydrogen-bond donors (Lipinski definition) is 0. The Hall–Kier alpha value is -3.01. The van der Waals surface area contributed by atoms with Gasteiger partial charge < -0.3 is 14.5 Å². The molecule has 0 saturated carbocycles. The molecular weight excluding hydrogens is 449 g/mol. The highest BCUT2D eigenvalue weighted by molar-refractivity contribution is 6.34. The first kappa shape index (κ1) is 25.3. The molecular formula is C24H25Cl2N3O3. The van der Waals surface area contributed by atoms with E-state index in [9.17, 15) is 14.9 Å². The molecule has 2 aromatic rings. The van der Waals surface area contributed by atoms with E-state index in [1.807, 2.05) is 26.0 Å². The Morgan fingerprint density at radius 3 is 2.41 bits per heavy atom. The lowest BCUT2D eigenvalue weighted by Gasteiger charge is -2.38. The minimum atomic E-state index is -0.748. The third-order valence-corrected chi connectivity index (χ3v) is 5.51. The molecule has 8 heteroatoms. The van der Waals surface area contributed by atoms with Crippen molar-refractivity contribution in [2.24, 2.45) is 0 Å². The van der Waals surface area contributed by atoms with Gasteiger partial charge in [-0.15, -0.1) is 0 Å². The van der Waals surface area contributed by atoms with Crippen LogP contribution in [0, 0.1) is 11.3 Å². The summed E-state index contributed by atoms with van der Waals surface area (Å²) in [5.41, 5.74) is 1.79. The molecule has 3 rings (SSSR count). The lowest BCUT2D eigenvalue weighted by molar-refractivity contribution is -0.129. The van der Waals surface area contributed by atoms with Gasteiger partial charge in [0.1, 0.15) is 11.8 Å². The van der Waals surface area contributed by atoms with E-state index in [4.69, 9.17) is 27.9 Å².